The largest absolute Gasteiger partial charge is 0.486 e. The quantitative estimate of drug-likeness (QED) is 0.526. The van der Waals surface area contributed by atoms with E-state index in [9.17, 15) is 0 Å². The van der Waals surface area contributed by atoms with Crippen LogP contribution in [0.1, 0.15) is 5.56 Å². The minimum absolute atomic E-state index is 0.410. The third-order valence-corrected chi connectivity index (χ3v) is 4.41. The molecule has 1 N–H and O–H groups in total. The summed E-state index contributed by atoms with van der Waals surface area (Å²) in [6, 6.07) is 13.7. The third kappa shape index (κ3) is 2.52. The number of aromatic nitrogens is 2. The number of benzene rings is 2. The van der Waals surface area contributed by atoms with Crippen molar-refractivity contribution in [3.8, 4) is 5.75 Å². The number of H-pyrrole nitrogens is 1. The van der Waals surface area contributed by atoms with Gasteiger partial charge in [0.05, 0.1) is 22.3 Å². The molecule has 5 heteroatoms. The van der Waals surface area contributed by atoms with Crippen LogP contribution in [0.3, 0.4) is 0 Å². The van der Waals surface area contributed by atoms with Gasteiger partial charge in [0.25, 0.3) is 0 Å². The summed E-state index contributed by atoms with van der Waals surface area (Å²) in [5, 5.41) is 2.98. The molecule has 0 radical (unpaired) electrons. The maximum atomic E-state index is 6.52. The van der Waals surface area contributed by atoms with Crippen molar-refractivity contribution < 1.29 is 4.74 Å². The second kappa shape index (κ2) is 5.76. The van der Waals surface area contributed by atoms with E-state index in [1.54, 1.807) is 12.4 Å². The van der Waals surface area contributed by atoms with Crippen LogP contribution in [0, 0.1) is 0 Å². The Hall–Kier alpha value is -2.23. The minimum atomic E-state index is 0.410. The van der Waals surface area contributed by atoms with E-state index in [1.165, 1.54) is 0 Å². The van der Waals surface area contributed by atoms with Gasteiger partial charge in [0.2, 0.25) is 0 Å². The molecule has 2 aromatic heterocycles. The average Bonchev–Trinajstić information content (AvgIpc) is 2.95. The maximum Gasteiger partial charge on any atom is 0.159 e. The van der Waals surface area contributed by atoms with Gasteiger partial charge >= 0.3 is 0 Å². The number of rotatable bonds is 3. The highest BCUT2D eigenvalue weighted by molar-refractivity contribution is 6.42. The first-order chi connectivity index (χ1) is 11.2. The molecular weight excluding hydrogens is 331 g/mol. The van der Waals surface area contributed by atoms with E-state index in [-0.39, 0.29) is 0 Å². The molecule has 4 aromatic rings. The summed E-state index contributed by atoms with van der Waals surface area (Å²) in [5.41, 5.74) is 2.78. The summed E-state index contributed by atoms with van der Waals surface area (Å²) in [5.74, 6) is 0.490. The Bertz CT molecular complexity index is 996. The van der Waals surface area contributed by atoms with E-state index in [4.69, 9.17) is 27.9 Å². The van der Waals surface area contributed by atoms with Crippen LogP contribution in [0.5, 0.6) is 5.75 Å². The van der Waals surface area contributed by atoms with Crippen LogP contribution in [-0.4, -0.2) is 9.97 Å². The molecule has 0 aliphatic heterocycles. The van der Waals surface area contributed by atoms with Gasteiger partial charge in [-0.2, -0.15) is 0 Å². The molecule has 0 fully saturated rings. The van der Waals surface area contributed by atoms with Crippen LogP contribution in [0.15, 0.2) is 54.9 Å². The maximum absolute atomic E-state index is 6.52. The van der Waals surface area contributed by atoms with Crippen molar-refractivity contribution in [2.75, 3.05) is 0 Å². The Morgan fingerprint density at radius 3 is 2.70 bits per heavy atom. The number of halogens is 2. The first-order valence-corrected chi connectivity index (χ1v) is 7.90. The van der Waals surface area contributed by atoms with Gasteiger partial charge in [-0.05, 0) is 17.7 Å². The molecule has 114 valence electrons. The molecule has 0 saturated carbocycles. The highest BCUT2D eigenvalue weighted by Crippen LogP contribution is 2.41. The van der Waals surface area contributed by atoms with Gasteiger partial charge in [0.15, 0.2) is 5.75 Å². The number of nitrogens with zero attached hydrogens (tertiary/aromatic N) is 1. The Morgan fingerprint density at radius 1 is 1.04 bits per heavy atom. The van der Waals surface area contributed by atoms with E-state index in [0.717, 1.165) is 27.4 Å². The number of nitrogens with one attached hydrogen (secondary N) is 1. The second-order valence-corrected chi connectivity index (χ2v) is 6.03. The lowest BCUT2D eigenvalue weighted by Gasteiger charge is -2.11. The summed E-state index contributed by atoms with van der Waals surface area (Å²) < 4.78 is 5.86. The van der Waals surface area contributed by atoms with Crippen molar-refractivity contribution >= 4 is 45.0 Å². The zero-order valence-electron chi connectivity index (χ0n) is 12.0. The number of hydrogen-bond donors (Lipinski definition) is 1. The lowest BCUT2D eigenvalue weighted by Crippen LogP contribution is -1.96. The van der Waals surface area contributed by atoms with Crippen LogP contribution >= 0.6 is 23.2 Å². The predicted molar refractivity (Wildman–Crippen MR) is 94.4 cm³/mol. The normalized spacial score (nSPS) is 11.2. The zero-order valence-corrected chi connectivity index (χ0v) is 13.5. The fourth-order valence-corrected chi connectivity index (χ4v) is 3.27. The summed E-state index contributed by atoms with van der Waals surface area (Å²) in [6.07, 6.45) is 3.52. The lowest BCUT2D eigenvalue weighted by atomic mass is 10.2. The molecule has 23 heavy (non-hydrogen) atoms. The minimum Gasteiger partial charge on any atom is -0.486 e. The topological polar surface area (TPSA) is 37.9 Å². The van der Waals surface area contributed by atoms with E-state index < -0.39 is 0 Å². The van der Waals surface area contributed by atoms with Crippen LogP contribution in [0.2, 0.25) is 10.0 Å². The SMILES string of the molecule is Clc1cc2c([nH]c3cnccc32)c(Cl)c1OCc1ccccc1. The highest BCUT2D eigenvalue weighted by atomic mass is 35.5. The Kier molecular flexibility index (Phi) is 3.60. The number of ether oxygens (including phenoxy) is 1. The molecule has 0 amide bonds. The van der Waals surface area contributed by atoms with Crippen molar-refractivity contribution in [1.29, 1.82) is 0 Å². The average molecular weight is 343 g/mol. The molecule has 0 unspecified atom stereocenters. The van der Waals surface area contributed by atoms with Gasteiger partial charge in [-0.25, -0.2) is 0 Å². The second-order valence-electron chi connectivity index (χ2n) is 5.24. The number of fused-ring (bicyclic) bond motifs is 3. The molecule has 0 aliphatic rings. The van der Waals surface area contributed by atoms with Gasteiger partial charge < -0.3 is 9.72 Å². The van der Waals surface area contributed by atoms with E-state index >= 15 is 0 Å². The molecule has 2 aromatic carbocycles. The Labute approximate surface area is 142 Å². The van der Waals surface area contributed by atoms with E-state index in [2.05, 4.69) is 9.97 Å². The number of aromatic amines is 1. The first kappa shape index (κ1) is 14.4. The molecule has 4 rings (SSSR count). The lowest BCUT2D eigenvalue weighted by molar-refractivity contribution is 0.307. The molecular formula is C18H12Cl2N2O. The molecule has 3 nitrogen and oxygen atoms in total. The van der Waals surface area contributed by atoms with Gasteiger partial charge in [-0.3, -0.25) is 4.98 Å². The number of hydrogen-bond acceptors (Lipinski definition) is 2. The van der Waals surface area contributed by atoms with Crippen molar-refractivity contribution in [2.24, 2.45) is 0 Å². The summed E-state index contributed by atoms with van der Waals surface area (Å²) >= 11 is 12.9. The fourth-order valence-electron chi connectivity index (χ4n) is 2.66. The van der Waals surface area contributed by atoms with Crippen LogP contribution < -0.4 is 4.74 Å². The first-order valence-electron chi connectivity index (χ1n) is 7.14. The summed E-state index contributed by atoms with van der Waals surface area (Å²) in [6.45, 7) is 0.410. The fraction of sp³-hybridized carbons (Fsp3) is 0.0556. The molecule has 2 heterocycles. The zero-order chi connectivity index (χ0) is 15.8. The summed E-state index contributed by atoms with van der Waals surface area (Å²) in [4.78, 5) is 7.40. The predicted octanol–water partition coefficient (Wildman–Crippen LogP) is 5.60. The van der Waals surface area contributed by atoms with Crippen molar-refractivity contribution in [3.63, 3.8) is 0 Å². The molecule has 0 atom stereocenters. The van der Waals surface area contributed by atoms with Crippen molar-refractivity contribution in [3.05, 3.63) is 70.5 Å². The van der Waals surface area contributed by atoms with Crippen LogP contribution in [0.25, 0.3) is 21.8 Å². The molecule has 0 aliphatic carbocycles. The van der Waals surface area contributed by atoms with Crippen LogP contribution in [-0.2, 0) is 6.61 Å². The van der Waals surface area contributed by atoms with Gasteiger partial charge in [-0.1, -0.05) is 53.5 Å². The van der Waals surface area contributed by atoms with E-state index in [1.807, 2.05) is 42.5 Å². The van der Waals surface area contributed by atoms with Gasteiger partial charge in [0, 0.05) is 17.0 Å². The monoisotopic (exact) mass is 342 g/mol. The van der Waals surface area contributed by atoms with Gasteiger partial charge in [-0.15, -0.1) is 0 Å². The molecule has 0 bridgehead atoms. The molecule has 0 saturated heterocycles. The highest BCUT2D eigenvalue weighted by Gasteiger charge is 2.16. The van der Waals surface area contributed by atoms with Crippen molar-refractivity contribution in [1.82, 2.24) is 9.97 Å². The molecule has 0 spiro atoms. The number of pyridine rings is 1. The Morgan fingerprint density at radius 2 is 1.87 bits per heavy atom. The summed E-state index contributed by atoms with van der Waals surface area (Å²) in [7, 11) is 0. The third-order valence-electron chi connectivity index (χ3n) is 3.77. The Balaban J connectivity index is 1.79. The smallest absolute Gasteiger partial charge is 0.159 e. The standard InChI is InChI=1S/C18H12Cl2N2O/c19-14-8-13-12-6-7-21-9-15(12)22-17(13)16(20)18(14)23-10-11-4-2-1-3-5-11/h1-9,22H,10H2. The van der Waals surface area contributed by atoms with Crippen LogP contribution in [0.4, 0.5) is 0 Å². The van der Waals surface area contributed by atoms with Crippen molar-refractivity contribution in [2.45, 2.75) is 6.61 Å². The van der Waals surface area contributed by atoms with Gasteiger partial charge in [0.1, 0.15) is 11.6 Å². The van der Waals surface area contributed by atoms with E-state index in [0.29, 0.717) is 22.4 Å².